The first-order chi connectivity index (χ1) is 17.0. The summed E-state index contributed by atoms with van der Waals surface area (Å²) in [4.78, 5) is 29.0. The molecular weight excluding hydrogens is 464 g/mol. The highest BCUT2D eigenvalue weighted by Gasteiger charge is 2.29. The maximum Gasteiger partial charge on any atom is 0.337 e. The quantitative estimate of drug-likeness (QED) is 0.473. The topological polar surface area (TPSA) is 59.1 Å². The van der Waals surface area contributed by atoms with Crippen LogP contribution in [0.2, 0.25) is 5.02 Å². The number of carbonyl (C=O) groups is 2. The van der Waals surface area contributed by atoms with Gasteiger partial charge in [-0.15, -0.1) is 0 Å². The molecule has 2 aliphatic rings. The lowest BCUT2D eigenvalue weighted by molar-refractivity contribution is -0.138. The summed E-state index contributed by atoms with van der Waals surface area (Å²) in [7, 11) is 1.38. The molecule has 2 aromatic carbocycles. The predicted molar refractivity (Wildman–Crippen MR) is 136 cm³/mol. The molecule has 1 saturated carbocycles. The zero-order valence-electron chi connectivity index (χ0n) is 20.5. The molecule has 35 heavy (non-hydrogen) atoms. The molecule has 1 aliphatic carbocycles. The Balaban J connectivity index is 1.35. The molecule has 0 aromatic heterocycles. The fraction of sp³-hybridized carbons (Fsp3) is 0.500. The summed E-state index contributed by atoms with van der Waals surface area (Å²) in [5.41, 5.74) is 2.58. The molecule has 7 heteroatoms. The summed E-state index contributed by atoms with van der Waals surface area (Å²) < 4.78 is 11.1. The number of piperazine rings is 1. The van der Waals surface area contributed by atoms with Crippen LogP contribution in [0.3, 0.4) is 0 Å². The van der Waals surface area contributed by atoms with Crippen molar-refractivity contribution in [1.82, 2.24) is 9.80 Å². The van der Waals surface area contributed by atoms with Crippen molar-refractivity contribution < 1.29 is 19.1 Å². The van der Waals surface area contributed by atoms with Crippen LogP contribution < -0.4 is 0 Å². The van der Waals surface area contributed by atoms with Gasteiger partial charge in [-0.1, -0.05) is 55.1 Å². The number of esters is 1. The third-order valence-electron chi connectivity index (χ3n) is 7.13. The largest absolute Gasteiger partial charge is 0.465 e. The average molecular weight is 499 g/mol. The van der Waals surface area contributed by atoms with Crippen molar-refractivity contribution in [2.45, 2.75) is 44.8 Å². The highest BCUT2D eigenvalue weighted by Crippen LogP contribution is 2.27. The zero-order chi connectivity index (χ0) is 24.6. The lowest BCUT2D eigenvalue weighted by Gasteiger charge is -2.38. The molecule has 1 aliphatic heterocycles. The van der Waals surface area contributed by atoms with Crippen LogP contribution in [0.4, 0.5) is 0 Å². The Morgan fingerprint density at radius 1 is 0.943 bits per heavy atom. The van der Waals surface area contributed by atoms with Crippen LogP contribution in [-0.2, 0) is 20.9 Å². The van der Waals surface area contributed by atoms with Gasteiger partial charge >= 0.3 is 5.97 Å². The summed E-state index contributed by atoms with van der Waals surface area (Å²) >= 11 is 6.12. The number of rotatable bonds is 8. The number of ether oxygens (including phenoxy) is 2. The third kappa shape index (κ3) is 7.06. The van der Waals surface area contributed by atoms with Gasteiger partial charge in [0, 0.05) is 43.7 Å². The number of benzene rings is 2. The number of hydrogen-bond acceptors (Lipinski definition) is 5. The van der Waals surface area contributed by atoms with E-state index in [4.69, 9.17) is 21.1 Å². The number of carbonyl (C=O) groups excluding carboxylic acids is 2. The minimum atomic E-state index is -0.349. The molecule has 1 heterocycles. The second-order valence-electron chi connectivity index (χ2n) is 9.50. The molecule has 0 spiro atoms. The van der Waals surface area contributed by atoms with Gasteiger partial charge in [-0.2, -0.15) is 0 Å². The van der Waals surface area contributed by atoms with Crippen molar-refractivity contribution in [1.29, 1.82) is 0 Å². The summed E-state index contributed by atoms with van der Waals surface area (Å²) in [5, 5.41) is 0.695. The van der Waals surface area contributed by atoms with Gasteiger partial charge in [0.25, 0.3) is 0 Å². The Bertz CT molecular complexity index is 965. The maximum absolute atomic E-state index is 12.9. The fourth-order valence-electron chi connectivity index (χ4n) is 4.98. The molecule has 2 aromatic rings. The second kappa shape index (κ2) is 12.5. The minimum Gasteiger partial charge on any atom is -0.465 e. The Hall–Kier alpha value is -2.41. The summed E-state index contributed by atoms with van der Waals surface area (Å²) in [6.45, 7) is 4.41. The number of hydrogen-bond donors (Lipinski definition) is 0. The molecule has 4 rings (SSSR count). The smallest absolute Gasteiger partial charge is 0.337 e. The number of amides is 1. The Morgan fingerprint density at radius 3 is 2.23 bits per heavy atom. The van der Waals surface area contributed by atoms with Crippen molar-refractivity contribution in [2.24, 2.45) is 5.92 Å². The SMILES string of the molecule is COC(=O)c1ccc(CO[C@@H](CN2CCN(C(=O)C3CCCCC3)CC2)c2ccc(Cl)cc2)cc1. The first-order valence-corrected chi connectivity index (χ1v) is 13.0. The van der Waals surface area contributed by atoms with Gasteiger partial charge in [-0.05, 0) is 48.2 Å². The van der Waals surface area contributed by atoms with E-state index in [1.165, 1.54) is 26.4 Å². The van der Waals surface area contributed by atoms with E-state index in [0.29, 0.717) is 23.1 Å². The molecule has 188 valence electrons. The first-order valence-electron chi connectivity index (χ1n) is 12.6. The van der Waals surface area contributed by atoms with Crippen LogP contribution in [0.1, 0.15) is 59.7 Å². The molecule has 1 atom stereocenters. The van der Waals surface area contributed by atoms with Gasteiger partial charge < -0.3 is 14.4 Å². The van der Waals surface area contributed by atoms with Crippen LogP contribution in [0.15, 0.2) is 48.5 Å². The molecule has 2 fully saturated rings. The standard InChI is InChI=1S/C28H35ClN2O4/c1-34-28(33)24-9-7-21(8-10-24)20-35-26(22-11-13-25(29)14-12-22)19-30-15-17-31(18-16-30)27(32)23-5-3-2-4-6-23/h7-14,23,26H,2-6,15-20H2,1H3/t26-/m0/s1. The van der Waals surface area contributed by atoms with Crippen LogP contribution in [0, 0.1) is 5.92 Å². The monoisotopic (exact) mass is 498 g/mol. The molecule has 0 bridgehead atoms. The molecule has 0 unspecified atom stereocenters. The van der Waals surface area contributed by atoms with Crippen LogP contribution >= 0.6 is 11.6 Å². The van der Waals surface area contributed by atoms with Gasteiger partial charge in [0.2, 0.25) is 5.91 Å². The van der Waals surface area contributed by atoms with E-state index < -0.39 is 0 Å². The van der Waals surface area contributed by atoms with Gasteiger partial charge in [-0.3, -0.25) is 9.69 Å². The minimum absolute atomic E-state index is 0.131. The lowest BCUT2D eigenvalue weighted by atomic mass is 9.88. The van der Waals surface area contributed by atoms with E-state index in [0.717, 1.165) is 56.7 Å². The van der Waals surface area contributed by atoms with Crippen LogP contribution in [0.25, 0.3) is 0 Å². The van der Waals surface area contributed by atoms with Gasteiger partial charge in [-0.25, -0.2) is 4.79 Å². The van der Waals surface area contributed by atoms with E-state index in [1.54, 1.807) is 12.1 Å². The molecule has 0 N–H and O–H groups in total. The van der Waals surface area contributed by atoms with E-state index in [-0.39, 0.29) is 18.0 Å². The van der Waals surface area contributed by atoms with Crippen molar-refractivity contribution in [2.75, 3.05) is 39.8 Å². The van der Waals surface area contributed by atoms with Crippen molar-refractivity contribution >= 4 is 23.5 Å². The highest BCUT2D eigenvalue weighted by molar-refractivity contribution is 6.30. The van der Waals surface area contributed by atoms with E-state index in [9.17, 15) is 9.59 Å². The molecule has 6 nitrogen and oxygen atoms in total. The summed E-state index contributed by atoms with van der Waals surface area (Å²) in [5.74, 6) is 0.230. The van der Waals surface area contributed by atoms with Gasteiger partial charge in [0.15, 0.2) is 0 Å². The average Bonchev–Trinajstić information content (AvgIpc) is 2.92. The van der Waals surface area contributed by atoms with Crippen LogP contribution in [0.5, 0.6) is 0 Å². The fourth-order valence-corrected chi connectivity index (χ4v) is 5.10. The van der Waals surface area contributed by atoms with Crippen molar-refractivity contribution in [3.05, 3.63) is 70.2 Å². The summed E-state index contributed by atoms with van der Waals surface area (Å²) in [6, 6.07) is 15.1. The Morgan fingerprint density at radius 2 is 1.60 bits per heavy atom. The van der Waals surface area contributed by atoms with E-state index in [1.807, 2.05) is 36.4 Å². The van der Waals surface area contributed by atoms with E-state index in [2.05, 4.69) is 9.80 Å². The van der Waals surface area contributed by atoms with Crippen LogP contribution in [-0.4, -0.2) is 61.5 Å². The molecule has 1 saturated heterocycles. The van der Waals surface area contributed by atoms with Crippen molar-refractivity contribution in [3.8, 4) is 0 Å². The number of methoxy groups -OCH3 is 1. The first kappa shape index (κ1) is 25.7. The van der Waals surface area contributed by atoms with Gasteiger partial charge in [0.05, 0.1) is 25.4 Å². The zero-order valence-corrected chi connectivity index (χ0v) is 21.2. The third-order valence-corrected chi connectivity index (χ3v) is 7.38. The van der Waals surface area contributed by atoms with E-state index >= 15 is 0 Å². The number of nitrogens with zero attached hydrogens (tertiary/aromatic N) is 2. The Labute approximate surface area is 213 Å². The lowest BCUT2D eigenvalue weighted by Crippen LogP contribution is -2.51. The second-order valence-corrected chi connectivity index (χ2v) is 9.94. The van der Waals surface area contributed by atoms with Gasteiger partial charge in [0.1, 0.15) is 0 Å². The maximum atomic E-state index is 12.9. The predicted octanol–water partition coefficient (Wildman–Crippen LogP) is 5.11. The van der Waals surface area contributed by atoms with Crippen molar-refractivity contribution in [3.63, 3.8) is 0 Å². The molecule has 1 amide bonds. The molecular formula is C28H35ClN2O4. The number of halogens is 1. The Kier molecular flexibility index (Phi) is 9.18. The normalized spacial score (nSPS) is 18.3. The highest BCUT2D eigenvalue weighted by atomic mass is 35.5. The summed E-state index contributed by atoms with van der Waals surface area (Å²) in [6.07, 6.45) is 5.59. The molecule has 0 radical (unpaired) electrons.